The maximum absolute atomic E-state index is 11.7. The third-order valence-corrected chi connectivity index (χ3v) is 14.9. The smallest absolute Gasteiger partial charge is 0 e. The number of fused-ring (bicyclic) bond motifs is 4. The minimum Gasteiger partial charge on any atom is 0 e. The first-order valence-electron chi connectivity index (χ1n) is 17.4. The molecule has 0 amide bonds. The molecule has 6 heteroatoms. The third kappa shape index (κ3) is 9.07. The van der Waals surface area contributed by atoms with Gasteiger partial charge in [0, 0.05) is 38.0 Å². The normalized spacial score (nSPS) is 12.5. The van der Waals surface area contributed by atoms with Crippen LogP contribution in [-0.2, 0) is 30.3 Å². The number of rotatable bonds is 9. The van der Waals surface area contributed by atoms with Gasteiger partial charge >= 0.3 is 192 Å². The molecular weight excluding hydrogens is 847 g/mol. The van der Waals surface area contributed by atoms with Gasteiger partial charge in [-0.3, -0.25) is 4.79 Å². The van der Waals surface area contributed by atoms with Crippen molar-refractivity contribution in [1.82, 2.24) is 4.98 Å². The quantitative estimate of drug-likeness (QED) is 0.0694. The Morgan fingerprint density at radius 3 is 2.12 bits per heavy atom. The van der Waals surface area contributed by atoms with Gasteiger partial charge in [0.1, 0.15) is 0 Å². The molecule has 0 saturated carbocycles. The van der Waals surface area contributed by atoms with E-state index in [1.807, 2.05) is 45.2 Å². The van der Waals surface area contributed by atoms with E-state index in [1.54, 1.807) is 4.40 Å². The van der Waals surface area contributed by atoms with Gasteiger partial charge in [-0.15, -0.1) is 0 Å². The van der Waals surface area contributed by atoms with Gasteiger partial charge < -0.3 is 5.11 Å². The van der Waals surface area contributed by atoms with Crippen LogP contribution >= 0.6 is 11.3 Å². The molecule has 259 valence electrons. The number of hydrogen-bond donors (Lipinski definition) is 1. The zero-order valence-corrected chi connectivity index (χ0v) is 36.1. The Morgan fingerprint density at radius 1 is 0.896 bits per heavy atom. The van der Waals surface area contributed by atoms with Crippen molar-refractivity contribution in [2.45, 2.75) is 104 Å². The fourth-order valence-corrected chi connectivity index (χ4v) is 10.2. The number of aliphatic hydroxyl groups excluding tert-OH is 1. The van der Waals surface area contributed by atoms with Crippen LogP contribution in [0.15, 0.2) is 66.6 Å². The summed E-state index contributed by atoms with van der Waals surface area (Å²) in [6, 6.07) is 22.0. The van der Waals surface area contributed by atoms with E-state index in [0.717, 1.165) is 36.9 Å². The van der Waals surface area contributed by atoms with Gasteiger partial charge in [-0.2, -0.15) is 0 Å². The molecule has 0 saturated heterocycles. The molecule has 0 aliphatic carbocycles. The maximum Gasteiger partial charge on any atom is 0 e. The summed E-state index contributed by atoms with van der Waals surface area (Å²) in [4.78, 5) is 16.6. The van der Waals surface area contributed by atoms with Gasteiger partial charge in [0.15, 0.2) is 5.78 Å². The Morgan fingerprint density at radius 2 is 1.54 bits per heavy atom. The summed E-state index contributed by atoms with van der Waals surface area (Å²) in [5.74, 6) is 7.93. The summed E-state index contributed by atoms with van der Waals surface area (Å²) < 4.78 is 4.20. The van der Waals surface area contributed by atoms with Crippen molar-refractivity contribution in [3.8, 4) is 11.3 Å². The van der Waals surface area contributed by atoms with E-state index < -0.39 is 13.3 Å². The van der Waals surface area contributed by atoms with Crippen LogP contribution in [0.4, 0.5) is 0 Å². The van der Waals surface area contributed by atoms with Crippen LogP contribution in [0.3, 0.4) is 0 Å². The van der Waals surface area contributed by atoms with E-state index in [0.29, 0.717) is 0 Å². The minimum atomic E-state index is -1.88. The SMILES string of the molecule is CCC(CC)C(=O)/C=C(\O)C(CC)CC.Cc1ccc2[c-]c(-c3nccc4c3sc3c[c]([Ge]([CH3])([CH3])[CH3])ccc34)cc(C(C)(C)C)c2c1.[Ir]. The average molecular weight is 902 g/mol. The third-order valence-electron chi connectivity index (χ3n) is 9.42. The van der Waals surface area contributed by atoms with Crippen molar-refractivity contribution in [2.75, 3.05) is 0 Å². The van der Waals surface area contributed by atoms with Crippen molar-refractivity contribution < 1.29 is 30.0 Å². The first-order valence-corrected chi connectivity index (χ1v) is 25.5. The minimum absolute atomic E-state index is 0. The molecule has 0 unspecified atom stereocenters. The number of aromatic nitrogens is 1. The summed E-state index contributed by atoms with van der Waals surface area (Å²) in [6.07, 6.45) is 6.87. The fourth-order valence-electron chi connectivity index (χ4n) is 6.28. The van der Waals surface area contributed by atoms with Crippen LogP contribution in [0.2, 0.25) is 17.3 Å². The summed E-state index contributed by atoms with van der Waals surface area (Å²) in [5.41, 5.74) is 4.83. The monoisotopic (exact) mass is 903 g/mol. The van der Waals surface area contributed by atoms with Crippen LogP contribution < -0.4 is 4.40 Å². The fraction of sp³-hybridized carbons (Fsp3) is 0.429. The van der Waals surface area contributed by atoms with Gasteiger partial charge in [-0.05, 0) is 32.6 Å². The molecule has 0 aliphatic heterocycles. The molecule has 48 heavy (non-hydrogen) atoms. The van der Waals surface area contributed by atoms with Crippen LogP contribution in [0.1, 0.15) is 85.3 Å². The number of carbonyl (C=O) groups is 1. The molecule has 5 rings (SSSR count). The maximum atomic E-state index is 11.7. The standard InChI is InChI=1S/C29H30GeNS.C13H24O2.Ir/c1-18-8-9-19-15-20(16-25(24(19)14-18)29(2,3)4)27-28-23(12-13-31-27)22-11-10-21(30(5,6)7)17-26(22)32-28;1-5-10(6-2)12(14)9-13(15)11(7-3)8-4;/h8-14,16-17H,1-7H3;9-11,14H,5-8H2,1-4H3;/q-1;;/b;12-9-;. The van der Waals surface area contributed by atoms with Crippen molar-refractivity contribution in [3.63, 3.8) is 0 Å². The zero-order chi connectivity index (χ0) is 34.7. The van der Waals surface area contributed by atoms with Crippen LogP contribution in [0.5, 0.6) is 0 Å². The second-order valence-corrected chi connectivity index (χ2v) is 26.7. The van der Waals surface area contributed by atoms with E-state index in [1.165, 1.54) is 48.1 Å². The molecule has 1 radical (unpaired) electrons. The predicted molar refractivity (Wildman–Crippen MR) is 209 cm³/mol. The largest absolute Gasteiger partial charge is 0 e. The number of allylic oxidation sites excluding steroid dienone is 2. The van der Waals surface area contributed by atoms with E-state index >= 15 is 0 Å². The van der Waals surface area contributed by atoms with Crippen molar-refractivity contribution >= 4 is 65.7 Å². The van der Waals surface area contributed by atoms with Crippen molar-refractivity contribution in [1.29, 1.82) is 0 Å². The Balaban J connectivity index is 0.000000334. The van der Waals surface area contributed by atoms with Gasteiger partial charge in [-0.1, -0.05) is 27.7 Å². The summed E-state index contributed by atoms with van der Waals surface area (Å²) >= 11 is 0.00405. The van der Waals surface area contributed by atoms with Gasteiger partial charge in [0.25, 0.3) is 0 Å². The van der Waals surface area contributed by atoms with Gasteiger partial charge in [-0.25, -0.2) is 0 Å². The molecule has 2 aromatic heterocycles. The predicted octanol–water partition coefficient (Wildman–Crippen LogP) is 12.1. The van der Waals surface area contributed by atoms with Crippen molar-refractivity contribution in [2.24, 2.45) is 11.8 Å². The van der Waals surface area contributed by atoms with E-state index in [9.17, 15) is 9.90 Å². The first kappa shape index (κ1) is 40.1. The number of aryl methyl sites for hydroxylation is 1. The van der Waals surface area contributed by atoms with Crippen LogP contribution in [-0.4, -0.2) is 29.1 Å². The Labute approximate surface area is 309 Å². The topological polar surface area (TPSA) is 50.2 Å². The number of ketones is 1. The number of carbonyl (C=O) groups excluding carboxylic acids is 1. The zero-order valence-electron chi connectivity index (χ0n) is 30.8. The number of hydrogen-bond acceptors (Lipinski definition) is 4. The molecule has 3 aromatic carbocycles. The molecule has 0 aliphatic rings. The number of pyridine rings is 1. The molecule has 0 fully saturated rings. The molecule has 3 nitrogen and oxygen atoms in total. The summed E-state index contributed by atoms with van der Waals surface area (Å²) in [5, 5.41) is 14.9. The molecule has 1 N–H and O–H groups in total. The number of nitrogens with zero attached hydrogens (tertiary/aromatic N) is 1. The Hall–Kier alpha value is -2.31. The molecule has 0 bridgehead atoms. The first-order chi connectivity index (χ1) is 22.1. The van der Waals surface area contributed by atoms with Crippen molar-refractivity contribution in [3.05, 3.63) is 83.8 Å². The summed E-state index contributed by atoms with van der Waals surface area (Å²) in [7, 11) is 0. The van der Waals surface area contributed by atoms with Gasteiger partial charge in [0.2, 0.25) is 0 Å². The van der Waals surface area contributed by atoms with E-state index in [-0.39, 0.29) is 48.9 Å². The molecule has 5 aromatic rings. The van der Waals surface area contributed by atoms with Crippen LogP contribution in [0.25, 0.3) is 42.2 Å². The van der Waals surface area contributed by atoms with E-state index in [2.05, 4.69) is 99.6 Å². The molecule has 0 atom stereocenters. The molecule has 2 heterocycles. The van der Waals surface area contributed by atoms with Gasteiger partial charge in [0.05, 0.1) is 5.76 Å². The Bertz CT molecular complexity index is 1900. The second-order valence-electron chi connectivity index (χ2n) is 15.0. The second kappa shape index (κ2) is 16.6. The van der Waals surface area contributed by atoms with E-state index in [4.69, 9.17) is 4.98 Å². The number of benzene rings is 3. The Kier molecular flexibility index (Phi) is 13.9. The number of thiophene rings is 1. The summed E-state index contributed by atoms with van der Waals surface area (Å²) in [6.45, 7) is 17.1. The number of aliphatic hydroxyl groups is 1. The molecule has 0 spiro atoms. The average Bonchev–Trinajstić information content (AvgIpc) is 3.39. The van der Waals surface area contributed by atoms with Crippen LogP contribution in [0, 0.1) is 24.8 Å². The molecular formula is C42H54GeIrNO2S-.